The van der Waals surface area contributed by atoms with Gasteiger partial charge in [0.05, 0.1) is 17.1 Å². The molecule has 5 rings (SSSR count). The van der Waals surface area contributed by atoms with Gasteiger partial charge in [-0.2, -0.15) is 31.8 Å². The van der Waals surface area contributed by atoms with E-state index in [1.54, 1.807) is 54.9 Å². The van der Waals surface area contributed by atoms with Crippen molar-refractivity contribution in [2.24, 2.45) is 10.2 Å². The lowest BCUT2D eigenvalue weighted by atomic mass is 10.1. The molecule has 0 unspecified atom stereocenters. The number of anilines is 5. The van der Waals surface area contributed by atoms with Crippen LogP contribution in [0.3, 0.4) is 0 Å². The molecule has 236 valence electrons. The number of fused-ring (bicyclic) bond motifs is 1. The number of azo groups is 1. The Bertz CT molecular complexity index is 2230. The molecule has 0 amide bonds. The maximum absolute atomic E-state index is 12.0. The summed E-state index contributed by atoms with van der Waals surface area (Å²) in [7, 11) is -7.34. The SMILES string of the molecule is C=CSc1ccc(S(=O)(=O)O)c(Nc2nc(Cl)nc(Nc3ccc(N=Nc4cccc5c(S(=O)(=O)O)cccc45)c(NC)c3)n2)c1. The standard InChI is InChI=1S/C28H23ClN8O6S3/c1-3-44-17-11-13-25(46(41,42)43)23(15-17)32-28-34-26(29)33-27(35-28)31-16-10-12-21(22(14-16)30-2)37-36-20-8-4-7-19-18(20)6-5-9-24(19)45(38,39)40/h3-15,30H,1H2,2H3,(H,38,39,40)(H,41,42,43)(H2,31,32,33,34,35). The van der Waals surface area contributed by atoms with Gasteiger partial charge in [0.25, 0.3) is 20.2 Å². The number of nitrogens with one attached hydrogen (secondary N) is 3. The van der Waals surface area contributed by atoms with E-state index >= 15 is 0 Å². The molecule has 46 heavy (non-hydrogen) atoms. The van der Waals surface area contributed by atoms with Gasteiger partial charge in [-0.3, -0.25) is 9.11 Å². The van der Waals surface area contributed by atoms with Crippen LogP contribution in [0.5, 0.6) is 0 Å². The fraction of sp³-hybridized carbons (Fsp3) is 0.0357. The lowest BCUT2D eigenvalue weighted by Gasteiger charge is -2.12. The van der Waals surface area contributed by atoms with E-state index in [9.17, 15) is 25.9 Å². The zero-order valence-electron chi connectivity index (χ0n) is 23.6. The summed E-state index contributed by atoms with van der Waals surface area (Å²) < 4.78 is 66.8. The summed E-state index contributed by atoms with van der Waals surface area (Å²) in [6, 6.07) is 18.6. The highest BCUT2D eigenvalue weighted by molar-refractivity contribution is 8.02. The van der Waals surface area contributed by atoms with Crippen molar-refractivity contribution >= 4 is 94.7 Å². The van der Waals surface area contributed by atoms with Gasteiger partial charge in [0.1, 0.15) is 15.5 Å². The Kier molecular flexibility index (Phi) is 9.52. The largest absolute Gasteiger partial charge is 0.386 e. The van der Waals surface area contributed by atoms with Gasteiger partial charge in [-0.1, -0.05) is 42.6 Å². The molecule has 0 bridgehead atoms. The van der Waals surface area contributed by atoms with E-state index in [1.165, 1.54) is 42.1 Å². The van der Waals surface area contributed by atoms with Crippen molar-refractivity contribution in [1.82, 2.24) is 15.0 Å². The van der Waals surface area contributed by atoms with E-state index in [0.29, 0.717) is 38.4 Å². The minimum Gasteiger partial charge on any atom is -0.386 e. The number of hydrogen-bond acceptors (Lipinski definition) is 13. The summed E-state index contributed by atoms with van der Waals surface area (Å²) in [4.78, 5) is 12.4. The van der Waals surface area contributed by atoms with Crippen molar-refractivity contribution in [2.45, 2.75) is 14.7 Å². The molecule has 0 saturated heterocycles. The van der Waals surface area contributed by atoms with E-state index in [2.05, 4.69) is 47.7 Å². The van der Waals surface area contributed by atoms with Crippen molar-refractivity contribution in [3.8, 4) is 0 Å². The molecule has 0 aliphatic heterocycles. The van der Waals surface area contributed by atoms with Crippen molar-refractivity contribution in [1.29, 1.82) is 0 Å². The fourth-order valence-electron chi connectivity index (χ4n) is 4.30. The molecule has 0 fully saturated rings. The van der Waals surface area contributed by atoms with Gasteiger partial charge in [-0.25, -0.2) is 0 Å². The number of thioether (sulfide) groups is 1. The Morgan fingerprint density at radius 3 is 2.15 bits per heavy atom. The van der Waals surface area contributed by atoms with Crippen LogP contribution in [0.2, 0.25) is 5.28 Å². The van der Waals surface area contributed by atoms with Gasteiger partial charge in [-0.05, 0) is 65.5 Å². The first-order valence-electron chi connectivity index (χ1n) is 12.9. The predicted molar refractivity (Wildman–Crippen MR) is 178 cm³/mol. The molecule has 5 aromatic rings. The highest BCUT2D eigenvalue weighted by Gasteiger charge is 2.18. The van der Waals surface area contributed by atoms with Crippen LogP contribution in [0.4, 0.5) is 40.3 Å². The first kappa shape index (κ1) is 32.7. The van der Waals surface area contributed by atoms with Crippen molar-refractivity contribution in [2.75, 3.05) is 23.0 Å². The summed E-state index contributed by atoms with van der Waals surface area (Å²) in [6.07, 6.45) is 0. The lowest BCUT2D eigenvalue weighted by molar-refractivity contribution is 0.481. The third kappa shape index (κ3) is 7.58. The van der Waals surface area contributed by atoms with Crippen molar-refractivity contribution in [3.63, 3.8) is 0 Å². The third-order valence-corrected chi connectivity index (χ3v) is 8.91. The van der Waals surface area contributed by atoms with E-state index in [1.807, 2.05) is 0 Å². The fourth-order valence-corrected chi connectivity index (χ4v) is 6.32. The molecule has 4 aromatic carbocycles. The lowest BCUT2D eigenvalue weighted by Crippen LogP contribution is -2.07. The molecule has 14 nitrogen and oxygen atoms in total. The van der Waals surface area contributed by atoms with Crippen molar-refractivity contribution < 1.29 is 25.9 Å². The second-order valence-electron chi connectivity index (χ2n) is 9.20. The molecule has 5 N–H and O–H groups in total. The Morgan fingerprint density at radius 2 is 1.46 bits per heavy atom. The predicted octanol–water partition coefficient (Wildman–Crippen LogP) is 7.35. The number of nitrogens with zero attached hydrogens (tertiary/aromatic N) is 5. The third-order valence-electron chi connectivity index (χ3n) is 6.23. The monoisotopic (exact) mass is 698 g/mol. The van der Waals surface area contributed by atoms with E-state index in [4.69, 9.17) is 11.6 Å². The molecule has 0 aliphatic rings. The summed E-state index contributed by atoms with van der Waals surface area (Å²) in [5, 5.41) is 19.6. The normalized spacial score (nSPS) is 11.9. The topological polar surface area (TPSA) is 208 Å². The quantitative estimate of drug-likeness (QED) is 0.0520. The summed E-state index contributed by atoms with van der Waals surface area (Å²) in [5.41, 5.74) is 1.91. The molecule has 1 aromatic heterocycles. The van der Waals surface area contributed by atoms with Crippen LogP contribution in [0.15, 0.2) is 110 Å². The number of benzene rings is 4. The highest BCUT2D eigenvalue weighted by Crippen LogP contribution is 2.35. The molecule has 0 atom stereocenters. The highest BCUT2D eigenvalue weighted by atomic mass is 35.5. The Balaban J connectivity index is 1.41. The number of rotatable bonds is 11. The van der Waals surface area contributed by atoms with Gasteiger partial charge in [0.15, 0.2) is 0 Å². The zero-order valence-corrected chi connectivity index (χ0v) is 26.8. The average molecular weight is 699 g/mol. The zero-order chi connectivity index (χ0) is 33.1. The van der Waals surface area contributed by atoms with Crippen LogP contribution < -0.4 is 16.0 Å². The Labute approximate surface area is 272 Å². The molecular weight excluding hydrogens is 676 g/mol. The van der Waals surface area contributed by atoms with Crippen molar-refractivity contribution in [3.05, 3.63) is 90.1 Å². The van der Waals surface area contributed by atoms with Crippen LogP contribution in [0.25, 0.3) is 10.8 Å². The van der Waals surface area contributed by atoms with Gasteiger partial charge in [0, 0.05) is 28.4 Å². The van der Waals surface area contributed by atoms with Gasteiger partial charge < -0.3 is 16.0 Å². The minimum absolute atomic E-state index is 0.00940. The summed E-state index contributed by atoms with van der Waals surface area (Å²) in [6.45, 7) is 3.64. The van der Waals surface area contributed by atoms with Crippen LogP contribution >= 0.6 is 23.4 Å². The molecular formula is C28H23ClN8O6S3. The van der Waals surface area contributed by atoms with Gasteiger partial charge in [-0.15, -0.1) is 10.2 Å². The second kappa shape index (κ2) is 13.4. The molecule has 0 radical (unpaired) electrons. The van der Waals surface area contributed by atoms with Gasteiger partial charge >= 0.3 is 0 Å². The maximum atomic E-state index is 12.0. The molecule has 0 aliphatic carbocycles. The Hall–Kier alpha value is -4.65. The van der Waals surface area contributed by atoms with Crippen LogP contribution in [0, 0.1) is 0 Å². The van der Waals surface area contributed by atoms with Crippen LogP contribution in [0.1, 0.15) is 0 Å². The van der Waals surface area contributed by atoms with Crippen LogP contribution in [-0.2, 0) is 20.2 Å². The minimum atomic E-state index is -4.58. The molecule has 0 spiro atoms. The smallest absolute Gasteiger partial charge is 0.296 e. The molecule has 0 saturated carbocycles. The summed E-state index contributed by atoms with van der Waals surface area (Å²) in [5.74, 6) is -0.0750. The maximum Gasteiger partial charge on any atom is 0.296 e. The first-order chi connectivity index (χ1) is 21.9. The number of aromatic nitrogens is 3. The second-order valence-corrected chi connectivity index (χ2v) is 13.4. The first-order valence-corrected chi connectivity index (χ1v) is 17.1. The Morgan fingerprint density at radius 1 is 0.783 bits per heavy atom. The van der Waals surface area contributed by atoms with E-state index in [-0.39, 0.29) is 27.8 Å². The average Bonchev–Trinajstić information content (AvgIpc) is 2.99. The number of halogens is 1. The summed E-state index contributed by atoms with van der Waals surface area (Å²) >= 11 is 7.38. The van der Waals surface area contributed by atoms with Gasteiger partial charge in [0.2, 0.25) is 17.2 Å². The van der Waals surface area contributed by atoms with E-state index < -0.39 is 25.1 Å². The molecule has 18 heteroatoms. The van der Waals surface area contributed by atoms with E-state index in [0.717, 1.165) is 0 Å². The number of hydrogen-bond donors (Lipinski definition) is 5. The molecule has 1 heterocycles. The van der Waals surface area contributed by atoms with Crippen LogP contribution in [-0.4, -0.2) is 47.9 Å².